The Morgan fingerprint density at radius 3 is 2.78 bits per heavy atom. The molecule has 1 aromatic carbocycles. The van der Waals surface area contributed by atoms with Crippen LogP contribution in [0.3, 0.4) is 0 Å². The number of fused-ring (bicyclic) bond motifs is 1. The molecule has 0 radical (unpaired) electrons. The Balaban J connectivity index is 1.40. The van der Waals surface area contributed by atoms with Crippen molar-refractivity contribution in [2.45, 2.75) is 44.1 Å². The van der Waals surface area contributed by atoms with E-state index in [4.69, 9.17) is 9.47 Å². The molecule has 1 N–H and O–H groups in total. The summed E-state index contributed by atoms with van der Waals surface area (Å²) in [4.78, 5) is 14.9. The van der Waals surface area contributed by atoms with Crippen LogP contribution in [-0.4, -0.2) is 55.4 Å². The lowest BCUT2D eigenvalue weighted by atomic mass is 9.95. The van der Waals surface area contributed by atoms with E-state index < -0.39 is 0 Å². The van der Waals surface area contributed by atoms with E-state index >= 15 is 0 Å². The van der Waals surface area contributed by atoms with Gasteiger partial charge in [-0.25, -0.2) is 0 Å². The van der Waals surface area contributed by atoms with E-state index in [9.17, 15) is 4.79 Å². The van der Waals surface area contributed by atoms with Crippen LogP contribution in [0.2, 0.25) is 0 Å². The highest BCUT2D eigenvalue weighted by molar-refractivity contribution is 5.82. The van der Waals surface area contributed by atoms with Crippen molar-refractivity contribution in [3.8, 4) is 0 Å². The van der Waals surface area contributed by atoms with Crippen molar-refractivity contribution in [2.75, 3.05) is 26.3 Å². The molecule has 0 spiro atoms. The van der Waals surface area contributed by atoms with Gasteiger partial charge in [-0.15, -0.1) is 0 Å². The molecule has 4 rings (SSSR count). The monoisotopic (exact) mass is 316 g/mol. The molecule has 0 unspecified atom stereocenters. The van der Waals surface area contributed by atoms with Crippen molar-refractivity contribution in [1.29, 1.82) is 0 Å². The molecule has 0 aliphatic carbocycles. The van der Waals surface area contributed by atoms with Crippen LogP contribution in [0.4, 0.5) is 0 Å². The van der Waals surface area contributed by atoms with Crippen LogP contribution in [0.5, 0.6) is 0 Å². The highest BCUT2D eigenvalue weighted by Crippen LogP contribution is 2.22. The standard InChI is InChI=1S/C18H24N2O3/c21-18(15-10-13-4-1-2-5-14(13)11-19-15)20-7-9-23-17(12-20)16-6-3-8-22-16/h1-2,4-5,15-17,19H,3,6-12H2/t15-,16+,17+/m0/s1. The van der Waals surface area contributed by atoms with E-state index in [1.54, 1.807) is 0 Å². The third-order valence-electron chi connectivity index (χ3n) is 5.16. The van der Waals surface area contributed by atoms with Gasteiger partial charge < -0.3 is 19.7 Å². The topological polar surface area (TPSA) is 50.8 Å². The summed E-state index contributed by atoms with van der Waals surface area (Å²) in [6.07, 6.45) is 3.11. The van der Waals surface area contributed by atoms with Gasteiger partial charge in [-0.3, -0.25) is 4.79 Å². The first-order chi connectivity index (χ1) is 11.3. The summed E-state index contributed by atoms with van der Waals surface area (Å²) in [5.74, 6) is 0.200. The normalized spacial score (nSPS) is 31.0. The van der Waals surface area contributed by atoms with Crippen LogP contribution in [0.1, 0.15) is 24.0 Å². The van der Waals surface area contributed by atoms with Crippen molar-refractivity contribution >= 4 is 5.91 Å². The van der Waals surface area contributed by atoms with E-state index in [0.29, 0.717) is 19.7 Å². The lowest BCUT2D eigenvalue weighted by Crippen LogP contribution is -2.56. The van der Waals surface area contributed by atoms with E-state index in [1.807, 2.05) is 11.0 Å². The average molecular weight is 316 g/mol. The first-order valence-electron chi connectivity index (χ1n) is 8.63. The predicted octanol–water partition coefficient (Wildman–Crippen LogP) is 1.11. The van der Waals surface area contributed by atoms with Crippen molar-refractivity contribution in [3.63, 3.8) is 0 Å². The van der Waals surface area contributed by atoms with Crippen LogP contribution in [0.25, 0.3) is 0 Å². The highest BCUT2D eigenvalue weighted by atomic mass is 16.5. The summed E-state index contributed by atoms with van der Waals surface area (Å²) in [5, 5.41) is 3.39. The fourth-order valence-corrected chi connectivity index (χ4v) is 3.85. The molecule has 124 valence electrons. The Kier molecular flexibility index (Phi) is 4.33. The Morgan fingerprint density at radius 1 is 1.13 bits per heavy atom. The maximum Gasteiger partial charge on any atom is 0.240 e. The zero-order valence-corrected chi connectivity index (χ0v) is 13.4. The molecule has 0 saturated carbocycles. The molecular weight excluding hydrogens is 292 g/mol. The zero-order chi connectivity index (χ0) is 15.6. The van der Waals surface area contributed by atoms with Gasteiger partial charge in [-0.05, 0) is 30.4 Å². The van der Waals surface area contributed by atoms with E-state index in [1.165, 1.54) is 11.1 Å². The summed E-state index contributed by atoms with van der Waals surface area (Å²) < 4.78 is 11.6. The smallest absolute Gasteiger partial charge is 0.240 e. The van der Waals surface area contributed by atoms with Crippen molar-refractivity contribution < 1.29 is 14.3 Å². The van der Waals surface area contributed by atoms with E-state index in [0.717, 1.165) is 32.4 Å². The second-order valence-corrected chi connectivity index (χ2v) is 6.65. The minimum absolute atomic E-state index is 0.0334. The maximum absolute atomic E-state index is 12.9. The molecule has 5 heteroatoms. The number of nitrogens with one attached hydrogen (secondary N) is 1. The first-order valence-corrected chi connectivity index (χ1v) is 8.63. The Labute approximate surface area is 136 Å². The van der Waals surface area contributed by atoms with Gasteiger partial charge >= 0.3 is 0 Å². The van der Waals surface area contributed by atoms with E-state index in [2.05, 4.69) is 23.5 Å². The number of nitrogens with zero attached hydrogens (tertiary/aromatic N) is 1. The summed E-state index contributed by atoms with van der Waals surface area (Å²) in [6.45, 7) is 3.54. The second kappa shape index (κ2) is 6.59. The van der Waals surface area contributed by atoms with Gasteiger partial charge in [0.1, 0.15) is 6.10 Å². The van der Waals surface area contributed by atoms with Gasteiger partial charge in [0.2, 0.25) is 5.91 Å². The van der Waals surface area contributed by atoms with E-state index in [-0.39, 0.29) is 24.2 Å². The summed E-state index contributed by atoms with van der Waals surface area (Å²) >= 11 is 0. The average Bonchev–Trinajstić information content (AvgIpc) is 3.15. The van der Waals surface area contributed by atoms with Gasteiger partial charge in [0.15, 0.2) is 0 Å². The first kappa shape index (κ1) is 15.1. The van der Waals surface area contributed by atoms with Crippen LogP contribution in [0.15, 0.2) is 24.3 Å². The molecule has 1 aromatic rings. The van der Waals surface area contributed by atoms with Crippen LogP contribution in [0, 0.1) is 0 Å². The van der Waals surface area contributed by atoms with Crippen LogP contribution in [-0.2, 0) is 27.2 Å². The number of carbonyl (C=O) groups is 1. The quantitative estimate of drug-likeness (QED) is 0.888. The van der Waals surface area contributed by atoms with Crippen LogP contribution >= 0.6 is 0 Å². The van der Waals surface area contributed by atoms with Gasteiger partial charge in [0, 0.05) is 26.2 Å². The number of amides is 1. The molecule has 3 aliphatic rings. The number of carbonyl (C=O) groups excluding carboxylic acids is 1. The third-order valence-corrected chi connectivity index (χ3v) is 5.16. The predicted molar refractivity (Wildman–Crippen MR) is 86.1 cm³/mol. The minimum Gasteiger partial charge on any atom is -0.375 e. The van der Waals surface area contributed by atoms with Crippen molar-refractivity contribution in [3.05, 3.63) is 35.4 Å². The lowest BCUT2D eigenvalue weighted by Gasteiger charge is -2.38. The van der Waals surface area contributed by atoms with Gasteiger partial charge in [0.25, 0.3) is 0 Å². The van der Waals surface area contributed by atoms with Crippen LogP contribution < -0.4 is 5.32 Å². The molecule has 5 nitrogen and oxygen atoms in total. The van der Waals surface area contributed by atoms with Gasteiger partial charge in [0.05, 0.1) is 18.8 Å². The SMILES string of the molecule is O=C([C@@H]1Cc2ccccc2CN1)N1CCO[C@@H]([C@H]2CCCO2)C1. The zero-order valence-electron chi connectivity index (χ0n) is 13.4. The summed E-state index contributed by atoms with van der Waals surface area (Å²) in [7, 11) is 0. The molecule has 1 amide bonds. The highest BCUT2D eigenvalue weighted by Gasteiger charge is 2.35. The fraction of sp³-hybridized carbons (Fsp3) is 0.611. The molecule has 2 fully saturated rings. The maximum atomic E-state index is 12.9. The minimum atomic E-state index is -0.117. The number of morpholine rings is 1. The molecular formula is C18H24N2O3. The van der Waals surface area contributed by atoms with Gasteiger partial charge in [-0.1, -0.05) is 24.3 Å². The van der Waals surface area contributed by atoms with Gasteiger partial charge in [-0.2, -0.15) is 0 Å². The summed E-state index contributed by atoms with van der Waals surface area (Å²) in [6, 6.07) is 8.24. The lowest BCUT2D eigenvalue weighted by molar-refractivity contribution is -0.147. The number of ether oxygens (including phenoxy) is 2. The fourth-order valence-electron chi connectivity index (χ4n) is 3.85. The second-order valence-electron chi connectivity index (χ2n) is 6.65. The molecule has 0 bridgehead atoms. The molecule has 2 saturated heterocycles. The molecule has 0 aromatic heterocycles. The molecule has 3 heterocycles. The summed E-state index contributed by atoms with van der Waals surface area (Å²) in [5.41, 5.74) is 2.59. The molecule has 23 heavy (non-hydrogen) atoms. The molecule has 3 aliphatic heterocycles. The largest absolute Gasteiger partial charge is 0.375 e. The van der Waals surface area contributed by atoms with Crippen molar-refractivity contribution in [2.24, 2.45) is 0 Å². The third kappa shape index (κ3) is 3.13. The Morgan fingerprint density at radius 2 is 1.96 bits per heavy atom. The molecule has 3 atom stereocenters. The Bertz CT molecular complexity index is 571. The Hall–Kier alpha value is -1.43. The number of hydrogen-bond acceptors (Lipinski definition) is 4. The number of benzene rings is 1. The number of rotatable bonds is 2. The van der Waals surface area contributed by atoms with Crippen molar-refractivity contribution in [1.82, 2.24) is 10.2 Å². The number of hydrogen-bond donors (Lipinski definition) is 1.